The zero-order valence-corrected chi connectivity index (χ0v) is 18.0. The van der Waals surface area contributed by atoms with Gasteiger partial charge in [-0.2, -0.15) is 0 Å². The molecule has 4 amide bonds. The first-order valence-corrected chi connectivity index (χ1v) is 10.00. The van der Waals surface area contributed by atoms with Crippen molar-refractivity contribution in [1.29, 1.82) is 0 Å². The maximum Gasteiger partial charge on any atom is 0.335 e. The number of amides is 4. The second-order valence-electron chi connectivity index (χ2n) is 7.20. The molecule has 1 saturated heterocycles. The number of carbonyl (C=O) groups excluding carboxylic acids is 4. The quantitative estimate of drug-likeness (QED) is 0.372. The van der Waals surface area contributed by atoms with Crippen LogP contribution in [0.1, 0.15) is 11.1 Å². The summed E-state index contributed by atoms with van der Waals surface area (Å²) in [5.41, 5.74) is 2.08. The van der Waals surface area contributed by atoms with Crippen molar-refractivity contribution >= 4 is 58.1 Å². The molecule has 162 valence electrons. The number of benzene rings is 2. The van der Waals surface area contributed by atoms with E-state index in [1.807, 2.05) is 18.2 Å². The Morgan fingerprint density at radius 3 is 2.62 bits per heavy atom. The van der Waals surface area contributed by atoms with Gasteiger partial charge in [0.25, 0.3) is 11.8 Å². The van der Waals surface area contributed by atoms with Crippen LogP contribution >= 0.6 is 11.6 Å². The van der Waals surface area contributed by atoms with Crippen LogP contribution in [-0.2, 0) is 25.7 Å². The molecule has 0 bridgehead atoms. The van der Waals surface area contributed by atoms with Gasteiger partial charge in [0.05, 0.1) is 12.8 Å². The molecule has 0 radical (unpaired) electrons. The third-order valence-corrected chi connectivity index (χ3v) is 5.57. The highest BCUT2D eigenvalue weighted by atomic mass is 35.5. The van der Waals surface area contributed by atoms with E-state index in [1.54, 1.807) is 35.9 Å². The third-order valence-electron chi connectivity index (χ3n) is 5.16. The van der Waals surface area contributed by atoms with Crippen molar-refractivity contribution in [3.63, 3.8) is 0 Å². The molecule has 4 rings (SSSR count). The summed E-state index contributed by atoms with van der Waals surface area (Å²) in [6.07, 6.45) is 3.06. The molecule has 3 aromatic rings. The fourth-order valence-corrected chi connectivity index (χ4v) is 3.67. The first-order valence-electron chi connectivity index (χ1n) is 9.62. The van der Waals surface area contributed by atoms with E-state index in [9.17, 15) is 19.2 Å². The summed E-state index contributed by atoms with van der Waals surface area (Å²) in [6, 6.07) is 11.1. The fraction of sp³-hybridized carbons (Fsp3) is 0.130. The van der Waals surface area contributed by atoms with E-state index in [2.05, 4.69) is 5.32 Å². The number of fused-ring (bicyclic) bond motifs is 1. The number of methoxy groups -OCH3 is 1. The van der Waals surface area contributed by atoms with E-state index in [0.29, 0.717) is 10.6 Å². The molecule has 0 spiro atoms. The Morgan fingerprint density at radius 1 is 1.16 bits per heavy atom. The number of imide groups is 2. The molecular formula is C23H18ClN3O5. The molecular weight excluding hydrogens is 434 g/mol. The molecule has 1 aliphatic rings. The molecule has 32 heavy (non-hydrogen) atoms. The molecule has 8 nitrogen and oxygen atoms in total. The lowest BCUT2D eigenvalue weighted by Gasteiger charge is -2.26. The van der Waals surface area contributed by atoms with Crippen LogP contribution in [0.15, 0.2) is 54.2 Å². The average molecular weight is 452 g/mol. The van der Waals surface area contributed by atoms with Crippen LogP contribution in [0.4, 0.5) is 10.5 Å². The number of aryl methyl sites for hydroxylation is 1. The number of aromatic nitrogens is 1. The zero-order valence-electron chi connectivity index (χ0n) is 17.2. The number of halogens is 1. The Labute approximate surface area is 188 Å². The monoisotopic (exact) mass is 451 g/mol. The van der Waals surface area contributed by atoms with Gasteiger partial charge < -0.3 is 9.30 Å². The Kier molecular flexibility index (Phi) is 5.54. The molecule has 9 heteroatoms. The van der Waals surface area contributed by atoms with Crippen LogP contribution in [-0.4, -0.2) is 35.5 Å². The van der Waals surface area contributed by atoms with Crippen molar-refractivity contribution in [2.24, 2.45) is 0 Å². The maximum atomic E-state index is 13.2. The third kappa shape index (κ3) is 3.76. The lowest BCUT2D eigenvalue weighted by Crippen LogP contribution is -2.54. The topological polar surface area (TPSA) is 97.7 Å². The highest BCUT2D eigenvalue weighted by Crippen LogP contribution is 2.28. The number of hydrogen-bond acceptors (Lipinski definition) is 5. The second-order valence-corrected chi connectivity index (χ2v) is 7.60. The van der Waals surface area contributed by atoms with E-state index in [-0.39, 0.29) is 17.8 Å². The molecule has 2 heterocycles. The van der Waals surface area contributed by atoms with Crippen molar-refractivity contribution in [3.8, 4) is 0 Å². The summed E-state index contributed by atoms with van der Waals surface area (Å²) in [5, 5.41) is 3.31. The summed E-state index contributed by atoms with van der Waals surface area (Å²) in [7, 11) is 1.30. The van der Waals surface area contributed by atoms with Crippen LogP contribution in [0.3, 0.4) is 0 Å². The number of ether oxygens (including phenoxy) is 1. The molecule has 1 aliphatic heterocycles. The van der Waals surface area contributed by atoms with Gasteiger partial charge in [-0.05, 0) is 36.8 Å². The van der Waals surface area contributed by atoms with E-state index < -0.39 is 23.8 Å². The molecule has 0 aliphatic carbocycles. The first-order chi connectivity index (χ1) is 15.3. The van der Waals surface area contributed by atoms with Gasteiger partial charge >= 0.3 is 12.0 Å². The number of urea groups is 1. The Balaban J connectivity index is 1.79. The summed E-state index contributed by atoms with van der Waals surface area (Å²) < 4.78 is 6.41. The summed E-state index contributed by atoms with van der Waals surface area (Å²) >= 11 is 6.15. The van der Waals surface area contributed by atoms with Gasteiger partial charge in [0.2, 0.25) is 0 Å². The summed E-state index contributed by atoms with van der Waals surface area (Å²) in [5.74, 6) is -2.02. The predicted molar refractivity (Wildman–Crippen MR) is 119 cm³/mol. The molecule has 1 fully saturated rings. The molecule has 0 atom stereocenters. The van der Waals surface area contributed by atoms with Crippen LogP contribution in [0.2, 0.25) is 5.02 Å². The molecule has 2 aromatic carbocycles. The van der Waals surface area contributed by atoms with Crippen molar-refractivity contribution < 1.29 is 23.9 Å². The van der Waals surface area contributed by atoms with Gasteiger partial charge in [-0.1, -0.05) is 35.9 Å². The van der Waals surface area contributed by atoms with Crippen LogP contribution in [0.25, 0.3) is 17.0 Å². The smallest absolute Gasteiger partial charge is 0.335 e. The molecule has 0 unspecified atom stereocenters. The molecule has 1 aromatic heterocycles. The highest BCUT2D eigenvalue weighted by Gasteiger charge is 2.37. The minimum atomic E-state index is -0.856. The summed E-state index contributed by atoms with van der Waals surface area (Å²) in [4.78, 5) is 50.8. The molecule has 1 N–H and O–H groups in total. The fourth-order valence-electron chi connectivity index (χ4n) is 3.49. The van der Waals surface area contributed by atoms with E-state index in [0.717, 1.165) is 21.4 Å². The number of anilines is 1. The first kappa shape index (κ1) is 21.3. The Hall–Kier alpha value is -3.91. The van der Waals surface area contributed by atoms with E-state index >= 15 is 0 Å². The second kappa shape index (κ2) is 8.32. The largest absolute Gasteiger partial charge is 0.468 e. The standard InChI is InChI=1S/C23H18ClN3O5/c1-13-7-8-15(10-18(13)24)27-22(30)17(21(29)25-23(27)31)9-14-11-26(12-20(28)32-2)19-6-4-3-5-16(14)19/h3-11H,12H2,1-2H3,(H,25,29,31). The highest BCUT2D eigenvalue weighted by molar-refractivity contribution is 6.39. The van der Waals surface area contributed by atoms with Gasteiger partial charge in [-0.3, -0.25) is 19.7 Å². The normalized spacial score (nSPS) is 15.4. The SMILES string of the molecule is COC(=O)Cn1cc(C=C2C(=O)NC(=O)N(c3ccc(C)c(Cl)c3)C2=O)c2ccccc21. The van der Waals surface area contributed by atoms with Crippen LogP contribution in [0.5, 0.6) is 0 Å². The van der Waals surface area contributed by atoms with Gasteiger partial charge in [0.15, 0.2) is 0 Å². The number of barbiturate groups is 1. The number of nitrogens with one attached hydrogen (secondary N) is 1. The minimum absolute atomic E-state index is 0.0349. The Bertz CT molecular complexity index is 1320. The van der Waals surface area contributed by atoms with E-state index in [4.69, 9.17) is 16.3 Å². The maximum absolute atomic E-state index is 13.2. The van der Waals surface area contributed by atoms with Gasteiger partial charge in [-0.25, -0.2) is 9.69 Å². The van der Waals surface area contributed by atoms with Crippen molar-refractivity contribution in [1.82, 2.24) is 9.88 Å². The predicted octanol–water partition coefficient (Wildman–Crippen LogP) is 3.44. The molecule has 0 saturated carbocycles. The Morgan fingerprint density at radius 2 is 1.91 bits per heavy atom. The van der Waals surface area contributed by atoms with Crippen LogP contribution < -0.4 is 10.2 Å². The minimum Gasteiger partial charge on any atom is -0.468 e. The van der Waals surface area contributed by atoms with Crippen molar-refractivity contribution in [3.05, 3.63) is 70.4 Å². The van der Waals surface area contributed by atoms with E-state index in [1.165, 1.54) is 19.3 Å². The lowest BCUT2D eigenvalue weighted by molar-refractivity contribution is -0.141. The average Bonchev–Trinajstić information content (AvgIpc) is 3.10. The van der Waals surface area contributed by atoms with Crippen molar-refractivity contribution in [2.75, 3.05) is 12.0 Å². The van der Waals surface area contributed by atoms with Gasteiger partial charge in [0.1, 0.15) is 12.1 Å². The summed E-state index contributed by atoms with van der Waals surface area (Å²) in [6.45, 7) is 1.76. The number of carbonyl (C=O) groups is 4. The van der Waals surface area contributed by atoms with Crippen molar-refractivity contribution in [2.45, 2.75) is 13.5 Å². The number of hydrogen-bond donors (Lipinski definition) is 1. The number of nitrogens with zero attached hydrogens (tertiary/aromatic N) is 2. The van der Waals surface area contributed by atoms with Gasteiger partial charge in [-0.15, -0.1) is 0 Å². The zero-order chi connectivity index (χ0) is 23.0. The van der Waals surface area contributed by atoms with Gasteiger partial charge in [0, 0.05) is 27.7 Å². The lowest BCUT2D eigenvalue weighted by atomic mass is 10.1. The van der Waals surface area contributed by atoms with Crippen LogP contribution in [0, 0.1) is 6.92 Å². The number of rotatable bonds is 4. The number of esters is 1. The number of para-hydroxylation sites is 1.